The van der Waals surface area contributed by atoms with Crippen LogP contribution in [0.2, 0.25) is 0 Å². The summed E-state index contributed by atoms with van der Waals surface area (Å²) in [5.74, 6) is -1.01. The van der Waals surface area contributed by atoms with E-state index in [1.54, 1.807) is 0 Å². The van der Waals surface area contributed by atoms with E-state index in [1.807, 2.05) is 6.08 Å². The maximum atomic E-state index is 12.9. The van der Waals surface area contributed by atoms with E-state index in [0.717, 1.165) is 109 Å². The molecule has 0 aliphatic carbocycles. The molecule has 1 unspecified atom stereocenters. The summed E-state index contributed by atoms with van der Waals surface area (Å²) in [6.45, 7) is 6.41. The van der Waals surface area contributed by atoms with Crippen LogP contribution >= 0.6 is 0 Å². The molecule has 6 heteroatoms. The highest BCUT2D eigenvalue weighted by molar-refractivity contribution is 5.71. The van der Waals surface area contributed by atoms with E-state index in [9.17, 15) is 14.4 Å². The quantitative estimate of drug-likeness (QED) is 0.0261. The SMILES string of the molecule is CC/C=C\C/C=C\C/C=C\C/C=C\C/C=C\C/C=C\CCC(=O)OC(COC(=O)CCCCCCC/C=C\C/C=C\CCC)COC(=O)CCCCCCCCCCCCCCCCC/C=C\CCCCCCCCCC. The molecule has 0 saturated heterocycles. The topological polar surface area (TPSA) is 78.9 Å². The molecule has 0 saturated carbocycles. The van der Waals surface area contributed by atoms with E-state index in [2.05, 4.69) is 124 Å². The summed E-state index contributed by atoms with van der Waals surface area (Å²) in [4.78, 5) is 38.2. The molecule has 0 bridgehead atoms. The van der Waals surface area contributed by atoms with Crippen LogP contribution in [0.25, 0.3) is 0 Å². The van der Waals surface area contributed by atoms with Gasteiger partial charge in [0.15, 0.2) is 6.10 Å². The van der Waals surface area contributed by atoms with Crippen LogP contribution in [0, 0.1) is 0 Å². The zero-order chi connectivity index (χ0) is 55.7. The third-order valence-corrected chi connectivity index (χ3v) is 13.7. The predicted octanol–water partition coefficient (Wildman–Crippen LogP) is 22.2. The van der Waals surface area contributed by atoms with Gasteiger partial charge in [-0.2, -0.15) is 0 Å². The Morgan fingerprint density at radius 3 is 0.909 bits per heavy atom. The first-order chi connectivity index (χ1) is 38.0. The summed E-state index contributed by atoms with van der Waals surface area (Å²) in [7, 11) is 0. The number of hydrogen-bond donors (Lipinski definition) is 0. The van der Waals surface area contributed by atoms with Crippen molar-refractivity contribution in [3.05, 3.63) is 109 Å². The van der Waals surface area contributed by atoms with Gasteiger partial charge in [-0.1, -0.05) is 284 Å². The van der Waals surface area contributed by atoms with E-state index in [4.69, 9.17) is 14.2 Å². The average molecular weight is 1070 g/mol. The Morgan fingerprint density at radius 2 is 0.558 bits per heavy atom. The molecule has 0 heterocycles. The number of rotatable bonds is 58. The number of unbranched alkanes of at least 4 members (excludes halogenated alkanes) is 29. The monoisotopic (exact) mass is 1070 g/mol. The third-order valence-electron chi connectivity index (χ3n) is 13.7. The van der Waals surface area contributed by atoms with Crippen molar-refractivity contribution in [3.63, 3.8) is 0 Å². The normalized spacial score (nSPS) is 12.8. The summed E-state index contributed by atoms with van der Waals surface area (Å²) >= 11 is 0. The maximum absolute atomic E-state index is 12.9. The molecule has 0 aromatic rings. The summed E-state index contributed by atoms with van der Waals surface area (Å²) in [5.41, 5.74) is 0. The molecule has 0 N–H and O–H groups in total. The number of hydrogen-bond acceptors (Lipinski definition) is 6. The minimum Gasteiger partial charge on any atom is -0.462 e. The van der Waals surface area contributed by atoms with E-state index in [0.29, 0.717) is 19.3 Å². The Morgan fingerprint density at radius 1 is 0.273 bits per heavy atom. The van der Waals surface area contributed by atoms with Crippen molar-refractivity contribution in [2.45, 2.75) is 309 Å². The Hall–Kier alpha value is -3.93. The molecule has 6 nitrogen and oxygen atoms in total. The molecule has 77 heavy (non-hydrogen) atoms. The number of carbonyl (C=O) groups excluding carboxylic acids is 3. The first-order valence-electron chi connectivity index (χ1n) is 32.4. The van der Waals surface area contributed by atoms with Gasteiger partial charge in [-0.05, 0) is 109 Å². The van der Waals surface area contributed by atoms with Crippen LogP contribution in [0.3, 0.4) is 0 Å². The molecular weight excluding hydrogens is 949 g/mol. The lowest BCUT2D eigenvalue weighted by Crippen LogP contribution is -2.30. The fraction of sp³-hybridized carbons (Fsp3) is 0.704. The smallest absolute Gasteiger partial charge is 0.306 e. The second-order valence-corrected chi connectivity index (χ2v) is 21.3. The maximum Gasteiger partial charge on any atom is 0.306 e. The highest BCUT2D eigenvalue weighted by atomic mass is 16.6. The number of ether oxygens (including phenoxy) is 3. The van der Waals surface area contributed by atoms with Crippen LogP contribution < -0.4 is 0 Å². The molecule has 0 rings (SSSR count). The largest absolute Gasteiger partial charge is 0.462 e. The van der Waals surface area contributed by atoms with E-state index in [-0.39, 0.29) is 31.6 Å². The Bertz CT molecular complexity index is 1560. The molecule has 0 aromatic heterocycles. The summed E-state index contributed by atoms with van der Waals surface area (Å²) in [5, 5.41) is 0. The Labute approximate surface area is 476 Å². The van der Waals surface area contributed by atoms with Crippen molar-refractivity contribution in [1.29, 1.82) is 0 Å². The lowest BCUT2D eigenvalue weighted by atomic mass is 10.0. The van der Waals surface area contributed by atoms with Crippen molar-refractivity contribution in [2.75, 3.05) is 13.2 Å². The van der Waals surface area contributed by atoms with Gasteiger partial charge in [0.05, 0.1) is 0 Å². The van der Waals surface area contributed by atoms with Gasteiger partial charge in [0.25, 0.3) is 0 Å². The zero-order valence-corrected chi connectivity index (χ0v) is 50.4. The molecule has 1 atom stereocenters. The van der Waals surface area contributed by atoms with Crippen molar-refractivity contribution in [3.8, 4) is 0 Å². The highest BCUT2D eigenvalue weighted by Gasteiger charge is 2.19. The summed E-state index contributed by atoms with van der Waals surface area (Å²) in [6.07, 6.45) is 88.4. The second-order valence-electron chi connectivity index (χ2n) is 21.3. The molecule has 0 radical (unpaired) electrons. The van der Waals surface area contributed by atoms with Crippen molar-refractivity contribution < 1.29 is 28.6 Å². The van der Waals surface area contributed by atoms with Gasteiger partial charge in [-0.3, -0.25) is 14.4 Å². The van der Waals surface area contributed by atoms with Crippen LogP contribution in [-0.4, -0.2) is 37.2 Å². The third kappa shape index (κ3) is 62.8. The molecule has 0 aromatic carbocycles. The standard InChI is InChI=1S/C71H120O6/c1-4-7-10-13-16-19-22-25-27-29-31-32-33-34-35-36-37-38-40-41-43-46-49-52-55-58-61-64-70(73)76-67-68(66-75-69(72)63-60-57-54-51-48-45-24-21-18-15-12-9-6-3)77-71(74)65-62-59-56-53-50-47-44-42-39-30-28-26-23-20-17-14-11-8-5-2/h8,11-12,15,17,20-21,24,26,28-29,31,39,42,47,50,56,59,68H,4-7,9-10,13-14,16,18-19,22-23,25,27,30,32-38,40-41,43-46,48-49,51-55,57-58,60-67H2,1-3H3/b11-8-,15-12-,20-17-,24-21-,28-26-,31-29-,42-39-,50-47-,59-56-. The van der Waals surface area contributed by atoms with Gasteiger partial charge in [-0.15, -0.1) is 0 Å². The van der Waals surface area contributed by atoms with Gasteiger partial charge in [0, 0.05) is 19.3 Å². The second kappa shape index (κ2) is 64.6. The van der Waals surface area contributed by atoms with Crippen LogP contribution in [0.4, 0.5) is 0 Å². The minimum atomic E-state index is -0.826. The van der Waals surface area contributed by atoms with Gasteiger partial charge >= 0.3 is 17.9 Å². The molecule has 0 amide bonds. The van der Waals surface area contributed by atoms with Crippen LogP contribution in [0.1, 0.15) is 303 Å². The minimum absolute atomic E-state index is 0.113. The molecule has 0 fully saturated rings. The molecule has 440 valence electrons. The van der Waals surface area contributed by atoms with E-state index in [1.165, 1.54) is 148 Å². The summed E-state index contributed by atoms with van der Waals surface area (Å²) < 4.78 is 16.8. The van der Waals surface area contributed by atoms with Crippen LogP contribution in [0.15, 0.2) is 109 Å². The predicted molar refractivity (Wildman–Crippen MR) is 334 cm³/mol. The van der Waals surface area contributed by atoms with Gasteiger partial charge in [-0.25, -0.2) is 0 Å². The van der Waals surface area contributed by atoms with Gasteiger partial charge < -0.3 is 14.2 Å². The number of esters is 3. The van der Waals surface area contributed by atoms with Crippen molar-refractivity contribution >= 4 is 17.9 Å². The van der Waals surface area contributed by atoms with Crippen molar-refractivity contribution in [2.24, 2.45) is 0 Å². The van der Waals surface area contributed by atoms with Gasteiger partial charge in [0.2, 0.25) is 0 Å². The lowest BCUT2D eigenvalue weighted by molar-refractivity contribution is -0.166. The fourth-order valence-corrected chi connectivity index (χ4v) is 8.91. The van der Waals surface area contributed by atoms with Gasteiger partial charge in [0.1, 0.15) is 13.2 Å². The molecule has 0 aliphatic rings. The Balaban J connectivity index is 4.35. The molecular formula is C71H120O6. The number of allylic oxidation sites excluding steroid dienone is 18. The van der Waals surface area contributed by atoms with Crippen molar-refractivity contribution in [1.82, 2.24) is 0 Å². The first kappa shape index (κ1) is 73.1. The zero-order valence-electron chi connectivity index (χ0n) is 50.4. The summed E-state index contributed by atoms with van der Waals surface area (Å²) in [6, 6.07) is 0. The van der Waals surface area contributed by atoms with E-state index < -0.39 is 12.1 Å². The van der Waals surface area contributed by atoms with Crippen LogP contribution in [-0.2, 0) is 28.6 Å². The first-order valence-corrected chi connectivity index (χ1v) is 32.4. The van der Waals surface area contributed by atoms with E-state index >= 15 is 0 Å². The fourth-order valence-electron chi connectivity index (χ4n) is 8.91. The lowest BCUT2D eigenvalue weighted by Gasteiger charge is -2.18. The Kier molecular flexibility index (Phi) is 61.3. The number of carbonyl (C=O) groups is 3. The van der Waals surface area contributed by atoms with Crippen LogP contribution in [0.5, 0.6) is 0 Å². The average Bonchev–Trinajstić information content (AvgIpc) is 3.43. The molecule has 0 aliphatic heterocycles. The highest BCUT2D eigenvalue weighted by Crippen LogP contribution is 2.16. The molecule has 0 spiro atoms.